The number of likely N-dealkylation sites (N-methyl/N-ethyl adjacent to an activating group) is 1. The van der Waals surface area contributed by atoms with E-state index in [0.29, 0.717) is 41.5 Å². The highest BCUT2D eigenvalue weighted by molar-refractivity contribution is 6.40. The minimum atomic E-state index is -0.692. The van der Waals surface area contributed by atoms with Crippen LogP contribution in [0, 0.1) is 5.92 Å². The number of nitrogens with zero attached hydrogens (tertiary/aromatic N) is 5. The number of hydrogen-bond acceptors (Lipinski definition) is 7. The number of nitrogens with two attached hydrogens (primary N) is 1. The summed E-state index contributed by atoms with van der Waals surface area (Å²) >= 11 is 0. The molecule has 5 heterocycles. The van der Waals surface area contributed by atoms with E-state index in [4.69, 9.17) is 10.5 Å². The highest BCUT2D eigenvalue weighted by atomic mass is 16.5. The Hall–Kier alpha value is -3.50. The molecule has 10 heteroatoms. The normalized spacial score (nSPS) is 23.9. The van der Waals surface area contributed by atoms with Crippen LogP contribution in [0.4, 0.5) is 11.5 Å². The van der Waals surface area contributed by atoms with E-state index >= 15 is 0 Å². The van der Waals surface area contributed by atoms with Gasteiger partial charge in [-0.15, -0.1) is 0 Å². The molecule has 3 aliphatic heterocycles. The summed E-state index contributed by atoms with van der Waals surface area (Å²) < 4.78 is 7.61. The van der Waals surface area contributed by atoms with Gasteiger partial charge < -0.3 is 25.6 Å². The Bertz CT molecular complexity index is 1400. The molecule has 1 aromatic carbocycles. The number of aromatic nitrogens is 3. The molecule has 2 saturated heterocycles. The zero-order valence-electron chi connectivity index (χ0n) is 22.7. The van der Waals surface area contributed by atoms with Crippen LogP contribution in [-0.2, 0) is 27.3 Å². The second kappa shape index (κ2) is 10.6. The summed E-state index contributed by atoms with van der Waals surface area (Å²) in [5.74, 6) is -0.596. The first-order valence-electron chi connectivity index (χ1n) is 14.0. The third kappa shape index (κ3) is 5.10. The Morgan fingerprint density at radius 1 is 1.15 bits per heavy atom. The number of anilines is 2. The van der Waals surface area contributed by atoms with E-state index in [-0.39, 0.29) is 12.3 Å². The van der Waals surface area contributed by atoms with Gasteiger partial charge in [-0.3, -0.25) is 9.59 Å². The maximum Gasteiger partial charge on any atom is 0.314 e. The lowest BCUT2D eigenvalue weighted by molar-refractivity contribution is -0.146. The standard InChI is InChI=1S/C29H37N7O3/c1-18-6-9-24(20-8-7-19-10-11-34(2)16-21(19)13-20)35(15-18)29(38)28(37)32-23-14-31-27(30)22-17-36(33-26(22)23)25-5-3-4-12-39-25/h7-8,13-14,17-18,24-25H,3-6,9-12,15-16H2,1-2H3,(H2,30,31)(H,32,37)/t18-,24?,25?/m0/s1. The number of amides is 2. The molecule has 2 unspecified atom stereocenters. The van der Waals surface area contributed by atoms with Gasteiger partial charge in [-0.2, -0.15) is 5.10 Å². The molecule has 206 valence electrons. The van der Waals surface area contributed by atoms with E-state index in [1.54, 1.807) is 15.8 Å². The lowest BCUT2D eigenvalue weighted by Crippen LogP contribution is -2.46. The van der Waals surface area contributed by atoms with E-state index in [9.17, 15) is 9.59 Å². The summed E-state index contributed by atoms with van der Waals surface area (Å²) in [5, 5.41) is 8.09. The monoisotopic (exact) mass is 531 g/mol. The Labute approximate surface area is 228 Å². The molecule has 0 bridgehead atoms. The molecule has 2 aromatic heterocycles. The van der Waals surface area contributed by atoms with Gasteiger partial charge in [0.15, 0.2) is 0 Å². The van der Waals surface area contributed by atoms with Crippen LogP contribution < -0.4 is 11.1 Å². The molecule has 3 aromatic rings. The average Bonchev–Trinajstić information content (AvgIpc) is 3.41. The summed E-state index contributed by atoms with van der Waals surface area (Å²) in [6, 6.07) is 6.43. The largest absolute Gasteiger partial charge is 0.383 e. The number of nitrogens with one attached hydrogen (secondary N) is 1. The predicted molar refractivity (Wildman–Crippen MR) is 149 cm³/mol. The molecule has 2 fully saturated rings. The lowest BCUT2D eigenvalue weighted by atomic mass is 9.87. The molecule has 0 radical (unpaired) electrons. The van der Waals surface area contributed by atoms with Gasteiger partial charge in [0.05, 0.1) is 23.3 Å². The topological polar surface area (TPSA) is 119 Å². The minimum Gasteiger partial charge on any atom is -0.383 e. The SMILES string of the molecule is C[C@H]1CCC(c2ccc3c(c2)CN(C)CC3)N(C(=O)C(=O)Nc2cnc(N)c3cn(C4CCCCO4)nc23)C1. The molecule has 6 rings (SSSR count). The molecule has 2 amide bonds. The van der Waals surface area contributed by atoms with E-state index in [1.165, 1.54) is 17.3 Å². The van der Waals surface area contributed by atoms with Crippen molar-refractivity contribution in [3.8, 4) is 0 Å². The number of benzene rings is 1. The molecule has 39 heavy (non-hydrogen) atoms. The fourth-order valence-corrected chi connectivity index (χ4v) is 6.17. The molecule has 0 spiro atoms. The minimum absolute atomic E-state index is 0.135. The summed E-state index contributed by atoms with van der Waals surface area (Å²) in [5.41, 5.74) is 10.8. The highest BCUT2D eigenvalue weighted by Crippen LogP contribution is 2.36. The van der Waals surface area contributed by atoms with E-state index in [1.807, 2.05) is 0 Å². The van der Waals surface area contributed by atoms with Crippen LogP contribution in [0.2, 0.25) is 0 Å². The van der Waals surface area contributed by atoms with Crippen molar-refractivity contribution in [2.45, 2.75) is 64.3 Å². The Kier molecular flexibility index (Phi) is 6.99. The Morgan fingerprint density at radius 3 is 2.85 bits per heavy atom. The van der Waals surface area contributed by atoms with Crippen molar-refractivity contribution in [2.75, 3.05) is 37.8 Å². The smallest absolute Gasteiger partial charge is 0.314 e. The van der Waals surface area contributed by atoms with Crippen molar-refractivity contribution in [3.05, 3.63) is 47.3 Å². The summed E-state index contributed by atoms with van der Waals surface area (Å²) in [6.07, 6.45) is 8.92. The van der Waals surface area contributed by atoms with Gasteiger partial charge in [-0.05, 0) is 68.2 Å². The zero-order chi connectivity index (χ0) is 27.1. The van der Waals surface area contributed by atoms with Crippen LogP contribution in [0.3, 0.4) is 0 Å². The second-order valence-corrected chi connectivity index (χ2v) is 11.4. The number of carbonyl (C=O) groups is 2. The molecule has 0 saturated carbocycles. The highest BCUT2D eigenvalue weighted by Gasteiger charge is 2.35. The quantitative estimate of drug-likeness (QED) is 0.496. The number of rotatable bonds is 3. The molecule has 0 aliphatic carbocycles. The van der Waals surface area contributed by atoms with Crippen molar-refractivity contribution in [2.24, 2.45) is 5.92 Å². The number of piperidine rings is 1. The van der Waals surface area contributed by atoms with Crippen molar-refractivity contribution in [3.63, 3.8) is 0 Å². The summed E-state index contributed by atoms with van der Waals surface area (Å²) in [6.45, 7) is 5.31. The lowest BCUT2D eigenvalue weighted by Gasteiger charge is -2.39. The van der Waals surface area contributed by atoms with Gasteiger partial charge in [0.25, 0.3) is 0 Å². The van der Waals surface area contributed by atoms with Crippen LogP contribution in [0.1, 0.15) is 68.0 Å². The van der Waals surface area contributed by atoms with Crippen molar-refractivity contribution in [1.29, 1.82) is 0 Å². The first-order chi connectivity index (χ1) is 18.9. The summed E-state index contributed by atoms with van der Waals surface area (Å²) in [4.78, 5) is 35.3. The number of likely N-dealkylation sites (tertiary alicyclic amines) is 1. The number of fused-ring (bicyclic) bond motifs is 2. The Balaban J connectivity index is 1.25. The predicted octanol–water partition coefficient (Wildman–Crippen LogP) is 3.64. The molecule has 3 N–H and O–H groups in total. The van der Waals surface area contributed by atoms with Crippen molar-refractivity contribution < 1.29 is 14.3 Å². The van der Waals surface area contributed by atoms with Crippen LogP contribution >= 0.6 is 0 Å². The van der Waals surface area contributed by atoms with Gasteiger partial charge in [0.1, 0.15) is 17.6 Å². The number of carbonyl (C=O) groups excluding carboxylic acids is 2. The third-order valence-electron chi connectivity index (χ3n) is 8.39. The fraction of sp³-hybridized carbons (Fsp3) is 0.517. The zero-order valence-corrected chi connectivity index (χ0v) is 22.7. The van der Waals surface area contributed by atoms with Crippen LogP contribution in [0.15, 0.2) is 30.6 Å². The maximum atomic E-state index is 13.6. The van der Waals surface area contributed by atoms with E-state index < -0.39 is 11.8 Å². The van der Waals surface area contributed by atoms with Crippen LogP contribution in [0.25, 0.3) is 10.9 Å². The van der Waals surface area contributed by atoms with Gasteiger partial charge >= 0.3 is 11.8 Å². The third-order valence-corrected chi connectivity index (χ3v) is 8.39. The van der Waals surface area contributed by atoms with Gasteiger partial charge in [-0.1, -0.05) is 25.1 Å². The molecular formula is C29H37N7O3. The van der Waals surface area contributed by atoms with E-state index in [0.717, 1.165) is 57.2 Å². The maximum absolute atomic E-state index is 13.6. The molecule has 3 aliphatic rings. The number of pyridine rings is 1. The van der Waals surface area contributed by atoms with Crippen LogP contribution in [-0.4, -0.2) is 63.1 Å². The summed E-state index contributed by atoms with van der Waals surface area (Å²) in [7, 11) is 2.13. The molecular weight excluding hydrogens is 494 g/mol. The number of hydrogen-bond donors (Lipinski definition) is 2. The first kappa shape index (κ1) is 25.8. The first-order valence-corrected chi connectivity index (χ1v) is 14.0. The van der Waals surface area contributed by atoms with Crippen molar-refractivity contribution >= 4 is 34.2 Å². The molecule has 10 nitrogen and oxygen atoms in total. The second-order valence-electron chi connectivity index (χ2n) is 11.4. The van der Waals surface area contributed by atoms with Crippen LogP contribution in [0.5, 0.6) is 0 Å². The fourth-order valence-electron chi connectivity index (χ4n) is 6.17. The van der Waals surface area contributed by atoms with Gasteiger partial charge in [0, 0.05) is 32.4 Å². The molecule has 3 atom stereocenters. The van der Waals surface area contributed by atoms with Crippen molar-refractivity contribution in [1.82, 2.24) is 24.6 Å². The Morgan fingerprint density at radius 2 is 2.03 bits per heavy atom. The van der Waals surface area contributed by atoms with Gasteiger partial charge in [0.2, 0.25) is 0 Å². The number of nitrogen functional groups attached to an aromatic ring is 1. The number of ether oxygens (including phenoxy) is 1. The average molecular weight is 532 g/mol. The van der Waals surface area contributed by atoms with E-state index in [2.05, 4.69) is 52.5 Å². The van der Waals surface area contributed by atoms with Gasteiger partial charge in [-0.25, -0.2) is 9.67 Å².